The van der Waals surface area contributed by atoms with Crippen molar-refractivity contribution < 1.29 is 9.59 Å². The number of aryl methyl sites for hydroxylation is 1. The van der Waals surface area contributed by atoms with E-state index in [9.17, 15) is 19.2 Å². The molecule has 1 saturated heterocycles. The van der Waals surface area contributed by atoms with Crippen LogP contribution in [0.5, 0.6) is 0 Å². The molecule has 0 aromatic carbocycles. The van der Waals surface area contributed by atoms with E-state index in [1.165, 1.54) is 28.8 Å². The molecule has 0 radical (unpaired) electrons. The molecule has 0 saturated carbocycles. The predicted molar refractivity (Wildman–Crippen MR) is 66.8 cm³/mol. The molecule has 1 amide bonds. The van der Waals surface area contributed by atoms with Gasteiger partial charge >= 0.3 is 5.69 Å². The minimum Gasteiger partial charge on any atom is -0.340 e. The molecular formula is C12H15N3O4. The number of Topliss-reactive ketones (excluding diaryl/α,β-unsaturated/α-hetero) is 1. The molecule has 2 rings (SSSR count). The van der Waals surface area contributed by atoms with Crippen LogP contribution in [0.2, 0.25) is 0 Å². The standard InChI is InChI=1S/C12H15N3O4/c1-13-5-4-10(17)15(12(13)19)8-11(18)14-6-2-9(16)3-7-14/h4-5H,2-3,6-8H2,1H3. The lowest BCUT2D eigenvalue weighted by molar-refractivity contribution is -0.135. The maximum atomic E-state index is 12.0. The van der Waals surface area contributed by atoms with E-state index >= 15 is 0 Å². The first-order valence-electron chi connectivity index (χ1n) is 6.05. The number of hydrogen-bond acceptors (Lipinski definition) is 4. The Kier molecular flexibility index (Phi) is 3.64. The monoisotopic (exact) mass is 265 g/mol. The Hall–Kier alpha value is -2.18. The maximum Gasteiger partial charge on any atom is 0.331 e. The number of hydrogen-bond donors (Lipinski definition) is 0. The first-order chi connectivity index (χ1) is 8.99. The Labute approximate surface area is 109 Å². The third kappa shape index (κ3) is 2.81. The Morgan fingerprint density at radius 1 is 1.21 bits per heavy atom. The fourth-order valence-electron chi connectivity index (χ4n) is 2.00. The van der Waals surface area contributed by atoms with E-state index in [0.29, 0.717) is 25.9 Å². The summed E-state index contributed by atoms with van der Waals surface area (Å²) in [5.41, 5.74) is -1.02. The lowest BCUT2D eigenvalue weighted by Gasteiger charge is -2.26. The van der Waals surface area contributed by atoms with Gasteiger partial charge in [0.05, 0.1) is 0 Å². The summed E-state index contributed by atoms with van der Waals surface area (Å²) in [4.78, 5) is 48.0. The summed E-state index contributed by atoms with van der Waals surface area (Å²) >= 11 is 0. The number of rotatable bonds is 2. The van der Waals surface area contributed by atoms with E-state index < -0.39 is 11.2 Å². The number of carbonyl (C=O) groups excluding carboxylic acids is 2. The molecule has 0 unspecified atom stereocenters. The summed E-state index contributed by atoms with van der Waals surface area (Å²) in [6, 6.07) is 1.24. The number of likely N-dealkylation sites (tertiary alicyclic amines) is 1. The zero-order chi connectivity index (χ0) is 14.0. The number of aromatic nitrogens is 2. The van der Waals surface area contributed by atoms with Crippen LogP contribution in [0, 0.1) is 0 Å². The highest BCUT2D eigenvalue weighted by Gasteiger charge is 2.21. The first kappa shape index (κ1) is 13.3. The van der Waals surface area contributed by atoms with Gasteiger partial charge in [-0.2, -0.15) is 0 Å². The fraction of sp³-hybridized carbons (Fsp3) is 0.500. The van der Waals surface area contributed by atoms with Crippen molar-refractivity contribution in [2.24, 2.45) is 7.05 Å². The van der Waals surface area contributed by atoms with Crippen molar-refractivity contribution in [3.63, 3.8) is 0 Å². The van der Waals surface area contributed by atoms with Crippen LogP contribution in [-0.2, 0) is 23.2 Å². The average Bonchev–Trinajstić information content (AvgIpc) is 2.40. The molecule has 7 nitrogen and oxygen atoms in total. The summed E-state index contributed by atoms with van der Waals surface area (Å²) < 4.78 is 2.15. The quantitative estimate of drug-likeness (QED) is 0.668. The summed E-state index contributed by atoms with van der Waals surface area (Å²) in [6.07, 6.45) is 2.05. The number of nitrogens with zero attached hydrogens (tertiary/aromatic N) is 3. The minimum absolute atomic E-state index is 0.136. The summed E-state index contributed by atoms with van der Waals surface area (Å²) in [5, 5.41) is 0. The predicted octanol–water partition coefficient (Wildman–Crippen LogP) is -1.26. The van der Waals surface area contributed by atoms with Gasteiger partial charge in [0.2, 0.25) is 5.91 Å². The molecule has 1 fully saturated rings. The molecule has 7 heteroatoms. The molecule has 0 spiro atoms. The molecule has 1 aromatic heterocycles. The highest BCUT2D eigenvalue weighted by molar-refractivity contribution is 5.83. The number of ketones is 1. The van der Waals surface area contributed by atoms with E-state index in [1.54, 1.807) is 0 Å². The van der Waals surface area contributed by atoms with Crippen LogP contribution in [0.3, 0.4) is 0 Å². The Balaban J connectivity index is 2.16. The zero-order valence-corrected chi connectivity index (χ0v) is 10.7. The van der Waals surface area contributed by atoms with Gasteiger partial charge in [0.1, 0.15) is 12.3 Å². The van der Waals surface area contributed by atoms with Crippen LogP contribution in [0.4, 0.5) is 0 Å². The lowest BCUT2D eigenvalue weighted by atomic mass is 10.1. The molecule has 0 aliphatic carbocycles. The van der Waals surface area contributed by atoms with E-state index in [2.05, 4.69) is 0 Å². The molecule has 1 aliphatic rings. The Bertz CT molecular complexity index is 619. The van der Waals surface area contributed by atoms with Crippen molar-refractivity contribution in [3.05, 3.63) is 33.1 Å². The van der Waals surface area contributed by atoms with Gasteiger partial charge in [-0.3, -0.25) is 19.0 Å². The molecular weight excluding hydrogens is 250 g/mol. The van der Waals surface area contributed by atoms with Gasteiger partial charge in [-0.15, -0.1) is 0 Å². The van der Waals surface area contributed by atoms with Crippen LogP contribution in [0.15, 0.2) is 21.9 Å². The van der Waals surface area contributed by atoms with Crippen molar-refractivity contribution in [3.8, 4) is 0 Å². The van der Waals surface area contributed by atoms with E-state index in [1.807, 2.05) is 0 Å². The van der Waals surface area contributed by atoms with Gasteiger partial charge in [-0.05, 0) is 0 Å². The molecule has 19 heavy (non-hydrogen) atoms. The van der Waals surface area contributed by atoms with Crippen molar-refractivity contribution >= 4 is 11.7 Å². The SMILES string of the molecule is Cn1ccc(=O)n(CC(=O)N2CCC(=O)CC2)c1=O. The summed E-state index contributed by atoms with van der Waals surface area (Å²) in [6.45, 7) is 0.444. The van der Waals surface area contributed by atoms with Crippen LogP contribution in [0.1, 0.15) is 12.8 Å². The normalized spacial score (nSPS) is 15.6. The third-order valence-corrected chi connectivity index (χ3v) is 3.21. The average molecular weight is 265 g/mol. The van der Waals surface area contributed by atoms with E-state index in [4.69, 9.17) is 0 Å². The van der Waals surface area contributed by atoms with Gasteiger partial charge in [0.15, 0.2) is 0 Å². The first-order valence-corrected chi connectivity index (χ1v) is 6.05. The molecule has 0 atom stereocenters. The maximum absolute atomic E-state index is 12.0. The van der Waals surface area contributed by atoms with E-state index in [-0.39, 0.29) is 18.2 Å². The third-order valence-electron chi connectivity index (χ3n) is 3.21. The number of amides is 1. The summed E-state index contributed by atoms with van der Waals surface area (Å²) in [5.74, 6) is -0.172. The van der Waals surface area contributed by atoms with Crippen molar-refractivity contribution in [2.45, 2.75) is 19.4 Å². The highest BCUT2D eigenvalue weighted by Crippen LogP contribution is 2.05. The Morgan fingerprint density at radius 3 is 2.47 bits per heavy atom. The van der Waals surface area contributed by atoms with Gasteiger partial charge in [-0.1, -0.05) is 0 Å². The lowest BCUT2D eigenvalue weighted by Crippen LogP contribution is -2.45. The number of carbonyl (C=O) groups is 2. The zero-order valence-electron chi connectivity index (χ0n) is 10.7. The second-order valence-electron chi connectivity index (χ2n) is 4.55. The smallest absolute Gasteiger partial charge is 0.331 e. The molecule has 2 heterocycles. The van der Waals surface area contributed by atoms with Crippen LogP contribution in [-0.4, -0.2) is 38.8 Å². The van der Waals surface area contributed by atoms with E-state index in [0.717, 1.165) is 4.57 Å². The topological polar surface area (TPSA) is 81.4 Å². The molecule has 0 N–H and O–H groups in total. The second-order valence-corrected chi connectivity index (χ2v) is 4.55. The largest absolute Gasteiger partial charge is 0.340 e. The van der Waals surface area contributed by atoms with Crippen molar-refractivity contribution in [1.29, 1.82) is 0 Å². The van der Waals surface area contributed by atoms with Crippen molar-refractivity contribution in [2.75, 3.05) is 13.1 Å². The van der Waals surface area contributed by atoms with Crippen LogP contribution in [0.25, 0.3) is 0 Å². The van der Waals surface area contributed by atoms with Gasteiger partial charge in [0, 0.05) is 45.2 Å². The van der Waals surface area contributed by atoms with Gasteiger partial charge in [-0.25, -0.2) is 4.79 Å². The second kappa shape index (κ2) is 5.21. The number of piperidine rings is 1. The fourth-order valence-corrected chi connectivity index (χ4v) is 2.00. The van der Waals surface area contributed by atoms with Gasteiger partial charge in [0.25, 0.3) is 5.56 Å². The summed E-state index contributed by atoms with van der Waals surface area (Å²) in [7, 11) is 1.52. The minimum atomic E-state index is -0.520. The molecule has 0 bridgehead atoms. The molecule has 1 aliphatic heterocycles. The molecule has 1 aromatic rings. The molecule has 102 valence electrons. The van der Waals surface area contributed by atoms with Gasteiger partial charge < -0.3 is 9.47 Å². The van der Waals surface area contributed by atoms with Crippen LogP contribution < -0.4 is 11.2 Å². The van der Waals surface area contributed by atoms with Crippen LogP contribution >= 0.6 is 0 Å². The van der Waals surface area contributed by atoms with Crippen molar-refractivity contribution in [1.82, 2.24) is 14.0 Å². The highest BCUT2D eigenvalue weighted by atomic mass is 16.2. The Morgan fingerprint density at radius 2 is 1.84 bits per heavy atom.